The van der Waals surface area contributed by atoms with E-state index in [4.69, 9.17) is 9.78 Å². The van der Waals surface area contributed by atoms with E-state index >= 15 is 0 Å². The molecule has 1 atom stereocenters. The van der Waals surface area contributed by atoms with Crippen LogP contribution in [-0.4, -0.2) is 39.7 Å². The molecule has 2 aromatic heterocycles. The number of rotatable bonds is 8. The van der Waals surface area contributed by atoms with E-state index in [0.717, 1.165) is 63.6 Å². The highest BCUT2D eigenvalue weighted by molar-refractivity contribution is 5.51. The Labute approximate surface area is 148 Å². The summed E-state index contributed by atoms with van der Waals surface area (Å²) in [6.07, 6.45) is 5.89. The Morgan fingerprint density at radius 2 is 2.40 bits per heavy atom. The molecule has 0 radical (unpaired) electrons. The van der Waals surface area contributed by atoms with Crippen molar-refractivity contribution in [3.63, 3.8) is 0 Å². The van der Waals surface area contributed by atoms with Crippen LogP contribution in [0, 0.1) is 17.2 Å². The van der Waals surface area contributed by atoms with Crippen LogP contribution < -0.4 is 5.32 Å². The van der Waals surface area contributed by atoms with E-state index < -0.39 is 0 Å². The third-order valence-corrected chi connectivity index (χ3v) is 4.48. The van der Waals surface area contributed by atoms with E-state index in [2.05, 4.69) is 38.3 Å². The number of hydrogen-bond donors (Lipinski definition) is 1. The third kappa shape index (κ3) is 4.77. The molecule has 1 saturated heterocycles. The normalized spacial score (nSPS) is 17.5. The zero-order valence-electron chi connectivity index (χ0n) is 14.6. The van der Waals surface area contributed by atoms with Gasteiger partial charge in [-0.15, -0.1) is 0 Å². The molecule has 132 valence electrons. The minimum Gasteiger partial charge on any atom is -0.369 e. The van der Waals surface area contributed by atoms with Crippen molar-refractivity contribution in [3.8, 4) is 6.07 Å². The van der Waals surface area contributed by atoms with Crippen molar-refractivity contribution in [1.82, 2.24) is 20.0 Å². The molecule has 3 rings (SSSR count). The zero-order chi connectivity index (χ0) is 17.5. The lowest BCUT2D eigenvalue weighted by atomic mass is 10.1. The second-order valence-corrected chi connectivity index (χ2v) is 6.49. The van der Waals surface area contributed by atoms with Gasteiger partial charge in [-0.05, 0) is 37.4 Å². The number of pyridine rings is 1. The number of anilines is 1. The molecule has 7 heteroatoms. The van der Waals surface area contributed by atoms with Gasteiger partial charge in [-0.1, -0.05) is 18.5 Å². The van der Waals surface area contributed by atoms with Gasteiger partial charge in [-0.25, -0.2) is 4.98 Å². The summed E-state index contributed by atoms with van der Waals surface area (Å²) >= 11 is 0. The predicted molar refractivity (Wildman–Crippen MR) is 93.7 cm³/mol. The smallest absolute Gasteiger partial charge is 0.226 e. The average molecular weight is 340 g/mol. The quantitative estimate of drug-likeness (QED) is 0.790. The molecule has 1 N–H and O–H groups in total. The van der Waals surface area contributed by atoms with E-state index in [0.29, 0.717) is 17.3 Å². The van der Waals surface area contributed by atoms with Gasteiger partial charge in [0.15, 0.2) is 5.82 Å². The van der Waals surface area contributed by atoms with E-state index in [1.807, 2.05) is 0 Å². The molecule has 7 nitrogen and oxygen atoms in total. The lowest BCUT2D eigenvalue weighted by molar-refractivity contribution is 0.299. The Morgan fingerprint density at radius 1 is 1.48 bits per heavy atom. The Bertz CT molecular complexity index is 722. The first-order valence-electron chi connectivity index (χ1n) is 8.91. The van der Waals surface area contributed by atoms with Crippen LogP contribution in [0.1, 0.15) is 43.5 Å². The van der Waals surface area contributed by atoms with Crippen molar-refractivity contribution < 1.29 is 4.52 Å². The van der Waals surface area contributed by atoms with Crippen molar-refractivity contribution in [2.24, 2.45) is 5.92 Å². The summed E-state index contributed by atoms with van der Waals surface area (Å²) in [4.78, 5) is 11.1. The van der Waals surface area contributed by atoms with E-state index in [9.17, 15) is 0 Å². The van der Waals surface area contributed by atoms with E-state index in [1.165, 1.54) is 0 Å². The van der Waals surface area contributed by atoms with Crippen molar-refractivity contribution in [2.45, 2.75) is 39.2 Å². The molecule has 0 aliphatic carbocycles. The van der Waals surface area contributed by atoms with Crippen LogP contribution in [-0.2, 0) is 13.0 Å². The van der Waals surface area contributed by atoms with Gasteiger partial charge < -0.3 is 9.84 Å². The van der Waals surface area contributed by atoms with Gasteiger partial charge in [0, 0.05) is 25.7 Å². The molecule has 1 aliphatic heterocycles. The maximum atomic E-state index is 9.11. The maximum Gasteiger partial charge on any atom is 0.226 e. The van der Waals surface area contributed by atoms with Gasteiger partial charge >= 0.3 is 0 Å². The van der Waals surface area contributed by atoms with Crippen LogP contribution in [0.3, 0.4) is 0 Å². The number of nitrogens with zero attached hydrogens (tertiary/aromatic N) is 5. The van der Waals surface area contributed by atoms with Gasteiger partial charge in [0.05, 0.1) is 12.1 Å². The van der Waals surface area contributed by atoms with Crippen molar-refractivity contribution in [2.75, 3.05) is 25.0 Å². The monoisotopic (exact) mass is 340 g/mol. The van der Waals surface area contributed by atoms with Gasteiger partial charge in [-0.3, -0.25) is 4.90 Å². The van der Waals surface area contributed by atoms with Crippen LogP contribution in [0.15, 0.2) is 22.9 Å². The molecular formula is C18H24N6O. The molecule has 0 aromatic carbocycles. The molecular weight excluding hydrogens is 316 g/mol. The summed E-state index contributed by atoms with van der Waals surface area (Å²) in [6, 6.07) is 5.73. The molecule has 0 amide bonds. The fourth-order valence-corrected chi connectivity index (χ4v) is 3.08. The zero-order valence-corrected chi connectivity index (χ0v) is 14.6. The standard InChI is InChI=1S/C18H24N6O/c1-2-3-6-17-22-16(23-25-17)13-24-9-7-14(12-24)11-21-18-15(10-19)5-4-8-20-18/h4-5,8,14H,2-3,6-7,9,11-13H2,1H3,(H,20,21). The Morgan fingerprint density at radius 3 is 3.24 bits per heavy atom. The van der Waals surface area contributed by atoms with Crippen LogP contribution in [0.25, 0.3) is 0 Å². The lowest BCUT2D eigenvalue weighted by Gasteiger charge is -2.14. The number of hydrogen-bond acceptors (Lipinski definition) is 7. The topological polar surface area (TPSA) is 90.9 Å². The fraction of sp³-hybridized carbons (Fsp3) is 0.556. The number of likely N-dealkylation sites (tertiary alicyclic amines) is 1. The molecule has 0 saturated carbocycles. The fourth-order valence-electron chi connectivity index (χ4n) is 3.08. The van der Waals surface area contributed by atoms with E-state index in [-0.39, 0.29) is 0 Å². The van der Waals surface area contributed by atoms with Crippen molar-refractivity contribution in [3.05, 3.63) is 35.6 Å². The van der Waals surface area contributed by atoms with Gasteiger partial charge in [-0.2, -0.15) is 10.2 Å². The van der Waals surface area contributed by atoms with Gasteiger partial charge in [0.25, 0.3) is 0 Å². The van der Waals surface area contributed by atoms with Crippen molar-refractivity contribution in [1.29, 1.82) is 5.26 Å². The maximum absolute atomic E-state index is 9.11. The van der Waals surface area contributed by atoms with Crippen LogP contribution in [0.2, 0.25) is 0 Å². The average Bonchev–Trinajstić information content (AvgIpc) is 3.28. The van der Waals surface area contributed by atoms with E-state index in [1.54, 1.807) is 18.3 Å². The number of nitrogens with one attached hydrogen (secondary N) is 1. The largest absolute Gasteiger partial charge is 0.369 e. The molecule has 1 aliphatic rings. The molecule has 25 heavy (non-hydrogen) atoms. The van der Waals surface area contributed by atoms with Gasteiger partial charge in [0.1, 0.15) is 11.9 Å². The molecule has 0 spiro atoms. The Kier molecular flexibility index (Phi) is 5.96. The highest BCUT2D eigenvalue weighted by Gasteiger charge is 2.24. The summed E-state index contributed by atoms with van der Waals surface area (Å²) in [5.74, 6) is 2.71. The number of aromatic nitrogens is 3. The SMILES string of the molecule is CCCCc1nc(CN2CCC(CNc3ncccc3C#N)C2)no1. The first-order valence-corrected chi connectivity index (χ1v) is 8.91. The Hall–Kier alpha value is -2.46. The summed E-state index contributed by atoms with van der Waals surface area (Å²) < 4.78 is 5.30. The highest BCUT2D eigenvalue weighted by Crippen LogP contribution is 2.19. The minimum atomic E-state index is 0.528. The second-order valence-electron chi connectivity index (χ2n) is 6.49. The van der Waals surface area contributed by atoms with Gasteiger partial charge in [0.2, 0.25) is 5.89 Å². The molecule has 0 bridgehead atoms. The highest BCUT2D eigenvalue weighted by atomic mass is 16.5. The number of aryl methyl sites for hydroxylation is 1. The molecule has 1 unspecified atom stereocenters. The second kappa shape index (κ2) is 8.58. The first kappa shape index (κ1) is 17.4. The summed E-state index contributed by atoms with van der Waals surface area (Å²) in [5, 5.41) is 16.5. The molecule has 3 heterocycles. The Balaban J connectivity index is 1.45. The number of nitriles is 1. The van der Waals surface area contributed by atoms with Crippen LogP contribution in [0.5, 0.6) is 0 Å². The lowest BCUT2D eigenvalue weighted by Crippen LogP contribution is -2.23. The molecule has 1 fully saturated rings. The minimum absolute atomic E-state index is 0.528. The summed E-state index contributed by atoms with van der Waals surface area (Å²) in [5.41, 5.74) is 0.587. The van der Waals surface area contributed by atoms with Crippen LogP contribution in [0.4, 0.5) is 5.82 Å². The first-order chi connectivity index (χ1) is 12.3. The summed E-state index contributed by atoms with van der Waals surface area (Å²) in [7, 11) is 0. The third-order valence-electron chi connectivity index (χ3n) is 4.48. The summed E-state index contributed by atoms with van der Waals surface area (Å²) in [6.45, 7) is 5.72. The molecule has 2 aromatic rings. The van der Waals surface area contributed by atoms with Crippen molar-refractivity contribution >= 4 is 5.82 Å². The number of unbranched alkanes of at least 4 members (excludes halogenated alkanes) is 1. The van der Waals surface area contributed by atoms with Crippen LogP contribution >= 0.6 is 0 Å². The predicted octanol–water partition coefficient (Wildman–Crippen LogP) is 2.61.